The summed E-state index contributed by atoms with van der Waals surface area (Å²) in [5.41, 5.74) is 4.70. The summed E-state index contributed by atoms with van der Waals surface area (Å²) in [5.74, 6) is -2.33. The van der Waals surface area contributed by atoms with Gasteiger partial charge in [-0.15, -0.1) is 0 Å². The molecule has 3 heterocycles. The number of likely N-dealkylation sites (tertiary alicyclic amines) is 1. The summed E-state index contributed by atoms with van der Waals surface area (Å²) in [6.45, 7) is 1.41. The first-order chi connectivity index (χ1) is 16.1. The van der Waals surface area contributed by atoms with Crippen LogP contribution in [0, 0.1) is 11.7 Å². The third-order valence-electron chi connectivity index (χ3n) is 6.03. The van der Waals surface area contributed by atoms with Gasteiger partial charge in [0.15, 0.2) is 0 Å². The first-order valence-corrected chi connectivity index (χ1v) is 10.4. The Morgan fingerprint density at radius 3 is 2.41 bits per heavy atom. The molecule has 2 aliphatic rings. The van der Waals surface area contributed by atoms with E-state index in [0.717, 1.165) is 24.2 Å². The Hall–Kier alpha value is -3.76. The quantitative estimate of drug-likeness (QED) is 0.571. The summed E-state index contributed by atoms with van der Waals surface area (Å²) >= 11 is 0. The van der Waals surface area contributed by atoms with Crippen LogP contribution in [-0.2, 0) is 18.3 Å². The zero-order chi connectivity index (χ0) is 24.6. The van der Waals surface area contributed by atoms with Crippen LogP contribution in [0.4, 0.5) is 17.6 Å². The SMILES string of the molecule is Cn1nc(-c2cccc(F)c2)c2c1C[C@@H]1CN(C(=O)c3ccncc3)C[C@H]21.O=C(O)C(F)(F)F. The second-order valence-corrected chi connectivity index (χ2v) is 8.16. The number of benzene rings is 1. The van der Waals surface area contributed by atoms with Crippen LogP contribution >= 0.6 is 0 Å². The summed E-state index contributed by atoms with van der Waals surface area (Å²) in [6, 6.07) is 10.1. The number of hydrogen-bond donors (Lipinski definition) is 1. The molecule has 1 saturated heterocycles. The molecule has 5 rings (SSSR count). The molecular weight excluding hydrogens is 456 g/mol. The van der Waals surface area contributed by atoms with Crippen LogP contribution in [-0.4, -0.2) is 55.9 Å². The van der Waals surface area contributed by atoms with Crippen LogP contribution in [0.25, 0.3) is 11.3 Å². The number of aliphatic carboxylic acids is 1. The van der Waals surface area contributed by atoms with Gasteiger partial charge < -0.3 is 10.0 Å². The van der Waals surface area contributed by atoms with E-state index in [-0.39, 0.29) is 17.6 Å². The van der Waals surface area contributed by atoms with Crippen molar-refractivity contribution in [3.05, 3.63) is 71.4 Å². The van der Waals surface area contributed by atoms with Crippen LogP contribution in [0.15, 0.2) is 48.8 Å². The fourth-order valence-electron chi connectivity index (χ4n) is 4.55. The maximum Gasteiger partial charge on any atom is 0.490 e. The number of fused-ring (bicyclic) bond motifs is 3. The van der Waals surface area contributed by atoms with E-state index in [1.807, 2.05) is 22.7 Å². The molecule has 2 aromatic heterocycles. The molecule has 7 nitrogen and oxygen atoms in total. The lowest BCUT2D eigenvalue weighted by Crippen LogP contribution is -2.29. The van der Waals surface area contributed by atoms with Gasteiger partial charge in [0.05, 0.1) is 5.69 Å². The molecule has 3 aromatic rings. The molecule has 11 heteroatoms. The molecule has 1 N–H and O–H groups in total. The maximum absolute atomic E-state index is 13.7. The Labute approximate surface area is 191 Å². The normalized spacial score (nSPS) is 18.7. The second-order valence-electron chi connectivity index (χ2n) is 8.16. The Morgan fingerprint density at radius 1 is 1.12 bits per heavy atom. The topological polar surface area (TPSA) is 88.3 Å². The van der Waals surface area contributed by atoms with E-state index >= 15 is 0 Å². The summed E-state index contributed by atoms with van der Waals surface area (Å²) in [5, 5.41) is 11.8. The van der Waals surface area contributed by atoms with Gasteiger partial charge in [-0.2, -0.15) is 18.3 Å². The Morgan fingerprint density at radius 2 is 1.79 bits per heavy atom. The van der Waals surface area contributed by atoms with Gasteiger partial charge in [0, 0.05) is 60.8 Å². The van der Waals surface area contributed by atoms with Crippen molar-refractivity contribution < 1.29 is 32.3 Å². The molecule has 1 aliphatic heterocycles. The minimum absolute atomic E-state index is 0.0459. The number of alkyl halides is 3. The molecule has 1 fully saturated rings. The van der Waals surface area contributed by atoms with Crippen molar-refractivity contribution in [3.63, 3.8) is 0 Å². The van der Waals surface area contributed by atoms with Gasteiger partial charge >= 0.3 is 12.1 Å². The second kappa shape index (κ2) is 8.88. The van der Waals surface area contributed by atoms with Crippen molar-refractivity contribution in [1.82, 2.24) is 19.7 Å². The first kappa shape index (κ1) is 23.4. The average Bonchev–Trinajstić information content (AvgIpc) is 3.44. The van der Waals surface area contributed by atoms with Crippen molar-refractivity contribution >= 4 is 11.9 Å². The largest absolute Gasteiger partial charge is 0.490 e. The number of amides is 1. The van der Waals surface area contributed by atoms with Gasteiger partial charge in [-0.1, -0.05) is 12.1 Å². The van der Waals surface area contributed by atoms with Crippen molar-refractivity contribution in [2.45, 2.75) is 18.5 Å². The van der Waals surface area contributed by atoms with E-state index in [2.05, 4.69) is 10.1 Å². The molecule has 0 spiro atoms. The number of aryl methyl sites for hydroxylation is 1. The predicted octanol–water partition coefficient (Wildman–Crippen LogP) is 3.67. The number of rotatable bonds is 2. The van der Waals surface area contributed by atoms with Crippen LogP contribution in [0.2, 0.25) is 0 Å². The molecule has 1 aromatic carbocycles. The number of carbonyl (C=O) groups excluding carboxylic acids is 1. The number of carboxylic acids is 1. The molecule has 0 radical (unpaired) electrons. The summed E-state index contributed by atoms with van der Waals surface area (Å²) in [7, 11) is 1.95. The smallest absolute Gasteiger partial charge is 0.475 e. The van der Waals surface area contributed by atoms with Crippen LogP contribution in [0.1, 0.15) is 27.5 Å². The predicted molar refractivity (Wildman–Crippen MR) is 112 cm³/mol. The first-order valence-electron chi connectivity index (χ1n) is 10.4. The highest BCUT2D eigenvalue weighted by atomic mass is 19.4. The Kier molecular flexibility index (Phi) is 6.11. The zero-order valence-electron chi connectivity index (χ0n) is 18.0. The van der Waals surface area contributed by atoms with Crippen LogP contribution < -0.4 is 0 Å². The van der Waals surface area contributed by atoms with Gasteiger partial charge in [0.1, 0.15) is 5.82 Å². The van der Waals surface area contributed by atoms with E-state index in [1.165, 1.54) is 23.4 Å². The summed E-state index contributed by atoms with van der Waals surface area (Å²) < 4.78 is 47.4. The highest BCUT2D eigenvalue weighted by Crippen LogP contribution is 2.47. The molecule has 34 heavy (non-hydrogen) atoms. The Bertz CT molecular complexity index is 1230. The highest BCUT2D eigenvalue weighted by molar-refractivity contribution is 5.94. The molecule has 1 aliphatic carbocycles. The van der Waals surface area contributed by atoms with Crippen molar-refractivity contribution in [1.29, 1.82) is 0 Å². The van der Waals surface area contributed by atoms with Gasteiger partial charge in [0.25, 0.3) is 5.91 Å². The van der Waals surface area contributed by atoms with Crippen molar-refractivity contribution in [2.24, 2.45) is 13.0 Å². The summed E-state index contributed by atoms with van der Waals surface area (Å²) in [4.78, 5) is 27.6. The molecule has 178 valence electrons. The molecular formula is C23H20F4N4O3. The lowest BCUT2D eigenvalue weighted by molar-refractivity contribution is -0.192. The molecule has 0 saturated carbocycles. The third kappa shape index (κ3) is 4.50. The lowest BCUT2D eigenvalue weighted by Gasteiger charge is -2.17. The zero-order valence-corrected chi connectivity index (χ0v) is 18.0. The van der Waals surface area contributed by atoms with E-state index < -0.39 is 12.1 Å². The number of aromatic nitrogens is 3. The van der Waals surface area contributed by atoms with Gasteiger partial charge in [-0.05, 0) is 36.6 Å². The maximum atomic E-state index is 13.7. The molecule has 2 atom stereocenters. The number of hydrogen-bond acceptors (Lipinski definition) is 4. The number of pyridine rings is 1. The van der Waals surface area contributed by atoms with Crippen molar-refractivity contribution in [3.8, 4) is 11.3 Å². The number of nitrogens with zero attached hydrogens (tertiary/aromatic N) is 4. The lowest BCUT2D eigenvalue weighted by atomic mass is 9.94. The van der Waals surface area contributed by atoms with E-state index in [9.17, 15) is 22.4 Å². The number of halogens is 4. The van der Waals surface area contributed by atoms with Gasteiger partial charge in [0.2, 0.25) is 0 Å². The molecule has 0 bridgehead atoms. The molecule has 0 unspecified atom stereocenters. The Balaban J connectivity index is 0.000000344. The fraction of sp³-hybridized carbons (Fsp3) is 0.304. The standard InChI is InChI=1S/C21H19FN4O.C2HF3O2/c1-25-18-10-15-11-26(21(27)13-5-7-23-8-6-13)12-17(15)19(18)20(24-25)14-3-2-4-16(22)9-14;3-2(4,5)1(6)7/h2-9,15,17H,10-12H2,1H3;(H,6,7)/t15-,17+;/m1./s1. The average molecular weight is 476 g/mol. The molecule has 1 amide bonds. The van der Waals surface area contributed by atoms with E-state index in [1.54, 1.807) is 30.6 Å². The van der Waals surface area contributed by atoms with Crippen molar-refractivity contribution in [2.75, 3.05) is 13.1 Å². The highest BCUT2D eigenvalue weighted by Gasteiger charge is 2.45. The minimum atomic E-state index is -5.08. The number of carbonyl (C=O) groups is 2. The van der Waals surface area contributed by atoms with Gasteiger partial charge in [-0.25, -0.2) is 9.18 Å². The van der Waals surface area contributed by atoms with Crippen LogP contribution in [0.3, 0.4) is 0 Å². The monoisotopic (exact) mass is 476 g/mol. The summed E-state index contributed by atoms with van der Waals surface area (Å²) in [6.07, 6.45) is -0.893. The van der Waals surface area contributed by atoms with Gasteiger partial charge in [-0.3, -0.25) is 14.5 Å². The van der Waals surface area contributed by atoms with E-state index in [4.69, 9.17) is 9.90 Å². The fourth-order valence-corrected chi connectivity index (χ4v) is 4.55. The minimum Gasteiger partial charge on any atom is -0.475 e. The number of carboxylic acid groups (broad SMARTS) is 1. The van der Waals surface area contributed by atoms with Crippen LogP contribution in [0.5, 0.6) is 0 Å². The third-order valence-corrected chi connectivity index (χ3v) is 6.03. The van der Waals surface area contributed by atoms with E-state index in [0.29, 0.717) is 18.0 Å².